The maximum absolute atomic E-state index is 14.0. The first-order chi connectivity index (χ1) is 17.3. The van der Waals surface area contributed by atoms with Gasteiger partial charge < -0.3 is 15.2 Å². The smallest absolute Gasteiger partial charge is 0.320 e. The third kappa shape index (κ3) is 5.36. The molecule has 0 saturated carbocycles. The number of halogens is 2. The van der Waals surface area contributed by atoms with Gasteiger partial charge >= 0.3 is 6.03 Å². The minimum absolute atomic E-state index is 0.232. The lowest BCUT2D eigenvalue weighted by Gasteiger charge is -2.29. The Balaban J connectivity index is 1.56. The van der Waals surface area contributed by atoms with Crippen molar-refractivity contribution in [2.45, 2.75) is 25.1 Å². The molecule has 2 aromatic rings. The first-order valence-electron chi connectivity index (χ1n) is 12.1. The van der Waals surface area contributed by atoms with Crippen molar-refractivity contribution >= 4 is 11.6 Å². The third-order valence-corrected chi connectivity index (χ3v) is 6.84. The number of nitrogens with one attached hydrogen (secondary N) is 2. The Hall–Kier alpha value is -3.05. The van der Waals surface area contributed by atoms with Crippen LogP contribution in [0.5, 0.6) is 0 Å². The highest BCUT2D eigenvalue weighted by molar-refractivity contribution is 5.81. The summed E-state index contributed by atoms with van der Waals surface area (Å²) in [6, 6.07) is 12.5. The molecular formula is C26H33F2N5O3. The highest BCUT2D eigenvalue weighted by atomic mass is 19.2. The number of benzene rings is 2. The normalized spacial score (nSPS) is 22.9. The standard InChI is InChI=1S/C26H33F2N5O3/c1-4-33-25(34)23(17-8-6-5-7-9-17)24(31(33)2)30-26(35)29-22-16-32(12-13-36-3)15-19(22)18-10-11-20(27)21(28)14-18/h5-11,14,19,22,25,34H,4,12-13,15-16H2,1-3H3,(H2,29,30,35)/t19-,22+,25?/m0/s1. The van der Waals surface area contributed by atoms with Crippen molar-refractivity contribution in [2.75, 3.05) is 46.9 Å². The zero-order valence-electron chi connectivity index (χ0n) is 20.7. The molecular weight excluding hydrogens is 468 g/mol. The lowest BCUT2D eigenvalue weighted by Crippen LogP contribution is -2.48. The molecule has 2 heterocycles. The number of ether oxygens (including phenoxy) is 1. The summed E-state index contributed by atoms with van der Waals surface area (Å²) in [5, 5.41) is 20.4. The highest BCUT2D eigenvalue weighted by Crippen LogP contribution is 2.33. The minimum Gasteiger partial charge on any atom is -0.383 e. The van der Waals surface area contributed by atoms with Crippen LogP contribution >= 0.6 is 0 Å². The summed E-state index contributed by atoms with van der Waals surface area (Å²) < 4.78 is 32.7. The number of rotatable bonds is 8. The molecule has 4 rings (SSSR count). The number of hydrogen-bond donors (Lipinski definition) is 3. The van der Waals surface area contributed by atoms with Gasteiger partial charge in [0.1, 0.15) is 5.82 Å². The van der Waals surface area contributed by atoms with Crippen LogP contribution in [-0.4, -0.2) is 85.3 Å². The maximum atomic E-state index is 14.0. The first-order valence-corrected chi connectivity index (χ1v) is 12.1. The molecule has 2 amide bonds. The Bertz CT molecular complexity index is 1100. The molecule has 0 bridgehead atoms. The van der Waals surface area contributed by atoms with Crippen molar-refractivity contribution in [1.82, 2.24) is 25.6 Å². The van der Waals surface area contributed by atoms with Crippen molar-refractivity contribution in [2.24, 2.45) is 0 Å². The van der Waals surface area contributed by atoms with Crippen molar-refractivity contribution in [3.8, 4) is 0 Å². The second-order valence-corrected chi connectivity index (χ2v) is 9.02. The van der Waals surface area contributed by atoms with Crippen molar-refractivity contribution in [3.05, 3.63) is 77.1 Å². The van der Waals surface area contributed by atoms with Gasteiger partial charge in [-0.1, -0.05) is 43.3 Å². The van der Waals surface area contributed by atoms with Crippen LogP contribution in [0.2, 0.25) is 0 Å². The second kappa shape index (κ2) is 11.3. The van der Waals surface area contributed by atoms with E-state index in [0.717, 1.165) is 11.6 Å². The van der Waals surface area contributed by atoms with E-state index in [1.165, 1.54) is 6.07 Å². The molecule has 0 aromatic heterocycles. The minimum atomic E-state index is -0.913. The summed E-state index contributed by atoms with van der Waals surface area (Å²) in [5.74, 6) is -1.57. The highest BCUT2D eigenvalue weighted by Gasteiger charge is 2.38. The molecule has 1 saturated heterocycles. The number of carbonyl (C=O) groups excluding carboxylic acids is 1. The topological polar surface area (TPSA) is 80.3 Å². The predicted octanol–water partition coefficient (Wildman–Crippen LogP) is 2.55. The quantitative estimate of drug-likeness (QED) is 0.516. The van der Waals surface area contributed by atoms with Crippen LogP contribution in [0.1, 0.15) is 24.0 Å². The molecule has 0 aliphatic carbocycles. The SMILES string of the molecule is CCN1C(O)C(c2ccccc2)=C(NC(=O)N[C@@H]2CN(CCOC)C[C@H]2c2ccc(F)c(F)c2)N1C. The molecule has 3 N–H and O–H groups in total. The van der Waals surface area contributed by atoms with Gasteiger partial charge in [-0.15, -0.1) is 0 Å². The van der Waals surface area contributed by atoms with Gasteiger partial charge in [-0.05, 0) is 23.3 Å². The number of hydrogen-bond acceptors (Lipinski definition) is 6. The van der Waals surface area contributed by atoms with E-state index in [9.17, 15) is 18.7 Å². The van der Waals surface area contributed by atoms with Crippen LogP contribution in [0, 0.1) is 11.6 Å². The zero-order valence-corrected chi connectivity index (χ0v) is 20.7. The maximum Gasteiger partial charge on any atom is 0.320 e. The van der Waals surface area contributed by atoms with Gasteiger partial charge in [-0.25, -0.2) is 13.6 Å². The molecule has 10 heteroatoms. The fraction of sp³-hybridized carbons (Fsp3) is 0.423. The number of likely N-dealkylation sites (tertiary alicyclic amines) is 1. The molecule has 8 nitrogen and oxygen atoms in total. The monoisotopic (exact) mass is 501 g/mol. The predicted molar refractivity (Wildman–Crippen MR) is 132 cm³/mol. The van der Waals surface area contributed by atoms with E-state index >= 15 is 0 Å². The second-order valence-electron chi connectivity index (χ2n) is 9.02. The van der Waals surface area contributed by atoms with Crippen molar-refractivity contribution in [1.29, 1.82) is 0 Å². The van der Waals surface area contributed by atoms with Gasteiger partial charge in [0.25, 0.3) is 0 Å². The Morgan fingerprint density at radius 3 is 2.56 bits per heavy atom. The summed E-state index contributed by atoms with van der Waals surface area (Å²) >= 11 is 0. The average Bonchev–Trinajstić information content (AvgIpc) is 3.37. The average molecular weight is 502 g/mol. The van der Waals surface area contributed by atoms with E-state index in [0.29, 0.717) is 49.7 Å². The summed E-state index contributed by atoms with van der Waals surface area (Å²) in [5.41, 5.74) is 2.02. The molecule has 1 fully saturated rings. The van der Waals surface area contributed by atoms with E-state index in [4.69, 9.17) is 4.74 Å². The van der Waals surface area contributed by atoms with Crippen molar-refractivity contribution in [3.63, 3.8) is 0 Å². The van der Waals surface area contributed by atoms with Gasteiger partial charge in [0.2, 0.25) is 0 Å². The van der Waals surface area contributed by atoms with E-state index < -0.39 is 23.9 Å². The van der Waals surface area contributed by atoms with Crippen LogP contribution in [0.25, 0.3) is 5.57 Å². The third-order valence-electron chi connectivity index (χ3n) is 6.84. The Morgan fingerprint density at radius 1 is 1.14 bits per heavy atom. The number of aliphatic hydroxyl groups excluding tert-OH is 1. The largest absolute Gasteiger partial charge is 0.383 e. The fourth-order valence-electron chi connectivity index (χ4n) is 5.00. The number of methoxy groups -OCH3 is 1. The van der Waals surface area contributed by atoms with Gasteiger partial charge in [0.15, 0.2) is 17.9 Å². The number of hydrazine groups is 1. The first kappa shape index (κ1) is 26.0. The van der Waals surface area contributed by atoms with E-state index in [1.807, 2.05) is 37.3 Å². The summed E-state index contributed by atoms with van der Waals surface area (Å²) in [7, 11) is 3.40. The van der Waals surface area contributed by atoms with Crippen molar-refractivity contribution < 1.29 is 23.4 Å². The molecule has 2 aliphatic heterocycles. The number of aliphatic hydroxyl groups is 1. The molecule has 2 aliphatic rings. The molecule has 0 spiro atoms. The van der Waals surface area contributed by atoms with Crippen LogP contribution in [-0.2, 0) is 4.74 Å². The van der Waals surface area contributed by atoms with E-state index in [2.05, 4.69) is 15.5 Å². The zero-order chi connectivity index (χ0) is 25.8. The lowest BCUT2D eigenvalue weighted by atomic mass is 9.94. The van der Waals surface area contributed by atoms with Crippen LogP contribution in [0.4, 0.5) is 13.6 Å². The van der Waals surface area contributed by atoms with Crippen LogP contribution in [0.3, 0.4) is 0 Å². The van der Waals surface area contributed by atoms with Gasteiger partial charge in [-0.3, -0.25) is 15.2 Å². The molecule has 2 aromatic carbocycles. The summed E-state index contributed by atoms with van der Waals surface area (Å²) in [6.45, 7) is 4.73. The van der Waals surface area contributed by atoms with E-state index in [1.54, 1.807) is 30.2 Å². The van der Waals surface area contributed by atoms with Gasteiger partial charge in [-0.2, -0.15) is 5.01 Å². The van der Waals surface area contributed by atoms with Gasteiger partial charge in [0.05, 0.1) is 12.6 Å². The van der Waals surface area contributed by atoms with Gasteiger partial charge in [0, 0.05) is 51.8 Å². The molecule has 0 radical (unpaired) electrons. The molecule has 36 heavy (non-hydrogen) atoms. The summed E-state index contributed by atoms with van der Waals surface area (Å²) in [4.78, 5) is 15.4. The number of urea groups is 1. The van der Waals surface area contributed by atoms with Crippen LogP contribution < -0.4 is 10.6 Å². The Morgan fingerprint density at radius 2 is 1.89 bits per heavy atom. The Kier molecular flexibility index (Phi) is 8.20. The fourth-order valence-corrected chi connectivity index (χ4v) is 5.00. The Labute approximate surface area is 210 Å². The summed E-state index contributed by atoms with van der Waals surface area (Å²) in [6.07, 6.45) is -0.913. The molecule has 1 unspecified atom stereocenters. The molecule has 194 valence electrons. The number of carbonyl (C=O) groups is 1. The van der Waals surface area contributed by atoms with Crippen LogP contribution in [0.15, 0.2) is 54.4 Å². The lowest BCUT2D eigenvalue weighted by molar-refractivity contribution is -0.0560. The number of amides is 2. The number of nitrogens with zero attached hydrogens (tertiary/aromatic N) is 3. The molecule has 3 atom stereocenters. The van der Waals surface area contributed by atoms with E-state index in [-0.39, 0.29) is 12.0 Å². The number of likely N-dealkylation sites (N-methyl/N-ethyl adjacent to an activating group) is 1.